The zero-order valence-corrected chi connectivity index (χ0v) is 10.6. The van der Waals surface area contributed by atoms with Crippen molar-refractivity contribution in [2.45, 2.75) is 25.4 Å². The van der Waals surface area contributed by atoms with Gasteiger partial charge in [0.2, 0.25) is 0 Å². The van der Waals surface area contributed by atoms with Gasteiger partial charge in [0, 0.05) is 18.5 Å². The Labute approximate surface area is 108 Å². The fourth-order valence-corrected chi connectivity index (χ4v) is 3.80. The number of nitrogens with one attached hydrogen (secondary N) is 1. The van der Waals surface area contributed by atoms with Gasteiger partial charge in [0.15, 0.2) is 0 Å². The van der Waals surface area contributed by atoms with E-state index in [4.69, 9.17) is 0 Å². The highest BCUT2D eigenvalue weighted by Gasteiger charge is 2.40. The summed E-state index contributed by atoms with van der Waals surface area (Å²) in [6.07, 6.45) is 0. The van der Waals surface area contributed by atoms with Crippen LogP contribution in [0.2, 0.25) is 0 Å². The quantitative estimate of drug-likeness (QED) is 0.735. The van der Waals surface area contributed by atoms with Crippen molar-refractivity contribution in [2.75, 3.05) is 0 Å². The molecule has 1 N–H and O–H groups in total. The molecule has 0 radical (unpaired) electrons. The molecule has 1 nitrogen and oxygen atoms in total. The molecule has 1 heterocycles. The Morgan fingerprint density at radius 1 is 0.889 bits per heavy atom. The Morgan fingerprint density at radius 3 is 2.39 bits per heavy atom. The van der Waals surface area contributed by atoms with Gasteiger partial charge in [-0.15, -0.1) is 0 Å². The van der Waals surface area contributed by atoms with Crippen LogP contribution in [0.5, 0.6) is 0 Å². The molecule has 1 aliphatic carbocycles. The maximum absolute atomic E-state index is 3.74. The van der Waals surface area contributed by atoms with Crippen molar-refractivity contribution < 1.29 is 0 Å². The first-order valence-corrected chi connectivity index (χ1v) is 6.76. The van der Waals surface area contributed by atoms with Gasteiger partial charge in [0.05, 0.1) is 0 Å². The third kappa shape index (κ3) is 1.25. The lowest BCUT2D eigenvalue weighted by atomic mass is 9.85. The van der Waals surface area contributed by atoms with Gasteiger partial charge in [-0.3, -0.25) is 0 Å². The number of hydrogen-bond acceptors (Lipinski definition) is 1. The highest BCUT2D eigenvalue weighted by atomic mass is 14.9. The summed E-state index contributed by atoms with van der Waals surface area (Å²) in [6.45, 7) is 3.38. The van der Waals surface area contributed by atoms with Crippen LogP contribution in [0.15, 0.2) is 48.5 Å². The van der Waals surface area contributed by atoms with Crippen LogP contribution in [0.3, 0.4) is 0 Å². The van der Waals surface area contributed by atoms with Crippen LogP contribution in [0, 0.1) is 5.92 Å². The van der Waals surface area contributed by atoms with E-state index in [9.17, 15) is 0 Å². The second-order valence-electron chi connectivity index (χ2n) is 5.52. The van der Waals surface area contributed by atoms with Crippen LogP contribution in [0.4, 0.5) is 0 Å². The Morgan fingerprint density at radius 2 is 1.56 bits per heavy atom. The molecule has 0 saturated carbocycles. The normalized spacial score (nSPS) is 28.4. The molecule has 18 heavy (non-hydrogen) atoms. The van der Waals surface area contributed by atoms with Gasteiger partial charge in [-0.2, -0.15) is 0 Å². The zero-order chi connectivity index (χ0) is 12.1. The summed E-state index contributed by atoms with van der Waals surface area (Å²) in [5.74, 6) is 1.21. The minimum Gasteiger partial charge on any atom is -0.306 e. The molecule has 0 saturated heterocycles. The van der Waals surface area contributed by atoms with Crippen LogP contribution in [-0.4, -0.2) is 0 Å². The van der Waals surface area contributed by atoms with Crippen molar-refractivity contribution in [3.8, 4) is 0 Å². The fraction of sp³-hybridized carbons (Fsp3) is 0.294. The molecule has 3 atom stereocenters. The molecule has 4 rings (SSSR count). The van der Waals surface area contributed by atoms with Gasteiger partial charge in [0.25, 0.3) is 0 Å². The van der Waals surface area contributed by atoms with Crippen molar-refractivity contribution in [2.24, 2.45) is 5.92 Å². The lowest BCUT2D eigenvalue weighted by Crippen LogP contribution is -2.22. The molecular formula is C17H17N. The summed E-state index contributed by atoms with van der Waals surface area (Å²) in [4.78, 5) is 0. The Balaban J connectivity index is 1.99. The van der Waals surface area contributed by atoms with Crippen LogP contribution in [-0.2, 0) is 6.54 Å². The van der Waals surface area contributed by atoms with Gasteiger partial charge in [0.1, 0.15) is 0 Å². The van der Waals surface area contributed by atoms with E-state index in [1.54, 1.807) is 0 Å². The largest absolute Gasteiger partial charge is 0.306 e. The maximum atomic E-state index is 3.74. The van der Waals surface area contributed by atoms with Gasteiger partial charge >= 0.3 is 0 Å². The molecule has 0 spiro atoms. The van der Waals surface area contributed by atoms with E-state index in [-0.39, 0.29) is 0 Å². The smallest absolute Gasteiger partial charge is 0.0361 e. The topological polar surface area (TPSA) is 12.0 Å². The number of fused-ring (bicyclic) bond motifs is 7. The molecule has 3 unspecified atom stereocenters. The average Bonchev–Trinajstić information content (AvgIpc) is 2.58. The van der Waals surface area contributed by atoms with E-state index < -0.39 is 0 Å². The van der Waals surface area contributed by atoms with Crippen LogP contribution in [0.25, 0.3) is 0 Å². The van der Waals surface area contributed by atoms with Crippen molar-refractivity contribution in [3.63, 3.8) is 0 Å². The first-order chi connectivity index (χ1) is 8.86. The highest BCUT2D eigenvalue weighted by Crippen LogP contribution is 2.50. The molecule has 0 amide bonds. The van der Waals surface area contributed by atoms with E-state index in [0.29, 0.717) is 17.9 Å². The lowest BCUT2D eigenvalue weighted by Gasteiger charge is -2.19. The van der Waals surface area contributed by atoms with E-state index in [1.807, 2.05) is 0 Å². The second kappa shape index (κ2) is 3.69. The maximum Gasteiger partial charge on any atom is 0.0361 e. The minimum absolute atomic E-state index is 0.513. The monoisotopic (exact) mass is 235 g/mol. The standard InChI is InChI=1S/C17H17N/c1-11-16-13-7-3-2-6-12(13)10-18-17(11)15-9-5-4-8-14(15)16/h2-9,11,16-18H,10H2,1H3. The van der Waals surface area contributed by atoms with Gasteiger partial charge < -0.3 is 5.32 Å². The molecule has 2 aromatic rings. The molecule has 0 aromatic heterocycles. The van der Waals surface area contributed by atoms with E-state index >= 15 is 0 Å². The SMILES string of the molecule is CC1C2NCc3ccccc3C1c1ccccc12. The molecule has 0 fully saturated rings. The van der Waals surface area contributed by atoms with Crippen molar-refractivity contribution in [1.82, 2.24) is 5.32 Å². The first-order valence-electron chi connectivity index (χ1n) is 6.76. The Kier molecular flexibility index (Phi) is 2.12. The molecule has 1 aliphatic heterocycles. The molecule has 90 valence electrons. The van der Waals surface area contributed by atoms with E-state index in [2.05, 4.69) is 60.8 Å². The Hall–Kier alpha value is -1.60. The van der Waals surface area contributed by atoms with E-state index in [1.165, 1.54) is 22.3 Å². The third-order valence-electron chi connectivity index (χ3n) is 4.62. The summed E-state index contributed by atoms with van der Waals surface area (Å²) < 4.78 is 0. The molecule has 2 aliphatic rings. The predicted molar refractivity (Wildman–Crippen MR) is 73.5 cm³/mol. The molecule has 2 bridgehead atoms. The number of hydrogen-bond donors (Lipinski definition) is 1. The summed E-state index contributed by atoms with van der Waals surface area (Å²) in [6, 6.07) is 18.3. The van der Waals surface area contributed by atoms with Crippen LogP contribution >= 0.6 is 0 Å². The zero-order valence-electron chi connectivity index (χ0n) is 10.6. The van der Waals surface area contributed by atoms with Crippen molar-refractivity contribution in [3.05, 3.63) is 70.8 Å². The summed E-state index contributed by atoms with van der Waals surface area (Å²) in [5, 5.41) is 3.74. The predicted octanol–water partition coefficient (Wildman–Crippen LogP) is 3.61. The third-order valence-corrected chi connectivity index (χ3v) is 4.62. The fourth-order valence-electron chi connectivity index (χ4n) is 3.80. The van der Waals surface area contributed by atoms with E-state index in [0.717, 1.165) is 6.54 Å². The van der Waals surface area contributed by atoms with Crippen molar-refractivity contribution in [1.29, 1.82) is 0 Å². The Bertz CT molecular complexity index is 602. The summed E-state index contributed by atoms with van der Waals surface area (Å²) >= 11 is 0. The first kappa shape index (κ1) is 10.3. The van der Waals surface area contributed by atoms with Crippen LogP contribution < -0.4 is 5.32 Å². The highest BCUT2D eigenvalue weighted by molar-refractivity contribution is 5.49. The molecule has 1 heteroatoms. The summed E-state index contributed by atoms with van der Waals surface area (Å²) in [7, 11) is 0. The minimum atomic E-state index is 0.513. The molecule has 2 aromatic carbocycles. The number of benzene rings is 2. The van der Waals surface area contributed by atoms with Gasteiger partial charge in [-0.05, 0) is 28.2 Å². The lowest BCUT2D eigenvalue weighted by molar-refractivity contribution is 0.406. The van der Waals surface area contributed by atoms with Gasteiger partial charge in [-0.1, -0.05) is 55.5 Å². The van der Waals surface area contributed by atoms with Gasteiger partial charge in [-0.25, -0.2) is 0 Å². The van der Waals surface area contributed by atoms with Crippen molar-refractivity contribution >= 4 is 0 Å². The summed E-state index contributed by atoms with van der Waals surface area (Å²) in [5.41, 5.74) is 6.01. The molecular weight excluding hydrogens is 218 g/mol. The second-order valence-corrected chi connectivity index (χ2v) is 5.52. The average molecular weight is 235 g/mol. The van der Waals surface area contributed by atoms with Crippen LogP contribution in [0.1, 0.15) is 41.1 Å². The number of rotatable bonds is 0.